The van der Waals surface area contributed by atoms with Crippen LogP contribution in [0.5, 0.6) is 0 Å². The highest BCUT2D eigenvalue weighted by Gasteiger charge is 2.12. The van der Waals surface area contributed by atoms with Gasteiger partial charge in [0.1, 0.15) is 6.17 Å². The molecule has 1 saturated heterocycles. The fourth-order valence-corrected chi connectivity index (χ4v) is 0.785. The average molecular weight is 102 g/mol. The minimum atomic E-state index is -0.613. The molecule has 1 aliphatic heterocycles. The van der Waals surface area contributed by atoms with Crippen LogP contribution in [-0.4, -0.2) is 24.2 Å². The van der Waals surface area contributed by atoms with Gasteiger partial charge in [0.2, 0.25) is 0 Å². The van der Waals surface area contributed by atoms with Crippen molar-refractivity contribution in [2.45, 2.75) is 12.6 Å². The monoisotopic (exact) mass is 102 g/mol. The Bertz CT molecular complexity index is 57.1. The zero-order chi connectivity index (χ0) is 5.28. The maximum absolute atomic E-state index is 12.1. The summed E-state index contributed by atoms with van der Waals surface area (Å²) in [6, 6.07) is 0. The van der Waals surface area contributed by atoms with Crippen LogP contribution in [0, 0.1) is 7.05 Å². The van der Waals surface area contributed by atoms with Gasteiger partial charge >= 0.3 is 0 Å². The summed E-state index contributed by atoms with van der Waals surface area (Å²) in [6.07, 6.45) is 0.0567. The van der Waals surface area contributed by atoms with Gasteiger partial charge in [-0.05, 0) is 13.0 Å². The summed E-state index contributed by atoms with van der Waals surface area (Å²) >= 11 is 0. The van der Waals surface area contributed by atoms with Crippen molar-refractivity contribution in [1.29, 1.82) is 0 Å². The smallest absolute Gasteiger partial charge is 0.111 e. The first kappa shape index (κ1) is 5.04. The lowest BCUT2D eigenvalue weighted by molar-refractivity contribution is 0.332. The Balaban J connectivity index is 2.26. The largest absolute Gasteiger partial charge is 0.457 e. The summed E-state index contributed by atoms with van der Waals surface area (Å²) in [5, 5.41) is 0. The summed E-state index contributed by atoms with van der Waals surface area (Å²) in [6.45, 7) is 1.35. The third kappa shape index (κ3) is 1.13. The third-order valence-electron chi connectivity index (χ3n) is 1.21. The summed E-state index contributed by atoms with van der Waals surface area (Å²) in [7, 11) is 3.58. The lowest BCUT2D eigenvalue weighted by Gasteiger charge is -2.13. The highest BCUT2D eigenvalue weighted by molar-refractivity contribution is 4.73. The van der Waals surface area contributed by atoms with E-state index in [1.165, 1.54) is 0 Å². The molecule has 1 nitrogen and oxygen atoms in total. The number of nitrogens with zero attached hydrogens (tertiary/aromatic N) is 1. The number of hydrogen-bond donors (Lipinski definition) is 0. The average Bonchev–Trinajstić information content (AvgIpc) is 1.87. The molecule has 0 aliphatic carbocycles. The van der Waals surface area contributed by atoms with Gasteiger partial charge in [-0.25, -0.2) is 4.39 Å². The van der Waals surface area contributed by atoms with E-state index in [4.69, 9.17) is 0 Å². The van der Waals surface area contributed by atoms with Crippen molar-refractivity contribution in [3.8, 4) is 0 Å². The summed E-state index contributed by atoms with van der Waals surface area (Å²) < 4.78 is 12.1. The molecule has 0 amide bonds. The van der Waals surface area contributed by atoms with E-state index in [0.29, 0.717) is 13.0 Å². The van der Waals surface area contributed by atoms with Gasteiger partial charge in [0.05, 0.1) is 0 Å². The van der Waals surface area contributed by atoms with E-state index in [1.54, 1.807) is 4.90 Å². The first-order valence-electron chi connectivity index (χ1n) is 2.48. The maximum Gasteiger partial charge on any atom is 0.111 e. The molecule has 0 aromatic rings. The van der Waals surface area contributed by atoms with Gasteiger partial charge < -0.3 is 4.90 Å². The van der Waals surface area contributed by atoms with Crippen molar-refractivity contribution in [1.82, 2.24) is 4.90 Å². The predicted octanol–water partition coefficient (Wildman–Crippen LogP) is 0.822. The van der Waals surface area contributed by atoms with Crippen LogP contribution in [0.1, 0.15) is 6.42 Å². The van der Waals surface area contributed by atoms with Crippen LogP contribution in [0.3, 0.4) is 0 Å². The van der Waals surface area contributed by atoms with E-state index in [-0.39, 0.29) is 0 Å². The Labute approximate surface area is 43.1 Å². The lowest BCUT2D eigenvalue weighted by Crippen LogP contribution is -2.11. The van der Waals surface area contributed by atoms with Crippen LogP contribution in [0.4, 0.5) is 4.39 Å². The molecule has 0 aromatic heterocycles. The first-order valence-corrected chi connectivity index (χ1v) is 2.48. The second-order valence-corrected chi connectivity index (χ2v) is 1.96. The SMILES string of the molecule is [CH2-]N1CC[C@@H](F)C1. The van der Waals surface area contributed by atoms with E-state index >= 15 is 0 Å². The summed E-state index contributed by atoms with van der Waals surface area (Å²) in [5.41, 5.74) is 0. The van der Waals surface area contributed by atoms with Gasteiger partial charge in [-0.2, -0.15) is 0 Å². The molecule has 0 saturated carbocycles. The van der Waals surface area contributed by atoms with Crippen LogP contribution < -0.4 is 0 Å². The van der Waals surface area contributed by atoms with Gasteiger partial charge in [-0.3, -0.25) is 7.05 Å². The molecule has 0 radical (unpaired) electrons. The number of rotatable bonds is 0. The molecule has 42 valence electrons. The molecule has 2 heteroatoms. The van der Waals surface area contributed by atoms with Gasteiger partial charge in [0.15, 0.2) is 0 Å². The van der Waals surface area contributed by atoms with Crippen molar-refractivity contribution in [3.63, 3.8) is 0 Å². The number of likely N-dealkylation sites (tertiary alicyclic amines) is 1. The molecule has 0 bridgehead atoms. The second kappa shape index (κ2) is 1.78. The molecule has 1 aliphatic rings. The number of hydrogen-bond acceptors (Lipinski definition) is 1. The van der Waals surface area contributed by atoms with Gasteiger partial charge in [-0.1, -0.05) is 0 Å². The highest BCUT2D eigenvalue weighted by Crippen LogP contribution is 2.09. The van der Waals surface area contributed by atoms with Crippen molar-refractivity contribution in [2.75, 3.05) is 13.1 Å². The topological polar surface area (TPSA) is 3.24 Å². The Hall–Kier alpha value is -0.110. The molecular formula is C5H9FN-. The van der Waals surface area contributed by atoms with E-state index in [0.717, 1.165) is 6.54 Å². The molecule has 0 unspecified atom stereocenters. The predicted molar refractivity (Wildman–Crippen MR) is 26.4 cm³/mol. The molecule has 0 aromatic carbocycles. The fraction of sp³-hybridized carbons (Fsp3) is 0.800. The Kier molecular flexibility index (Phi) is 1.28. The van der Waals surface area contributed by atoms with Crippen molar-refractivity contribution in [2.24, 2.45) is 0 Å². The van der Waals surface area contributed by atoms with Crippen LogP contribution in [0.25, 0.3) is 0 Å². The second-order valence-electron chi connectivity index (χ2n) is 1.96. The standard InChI is InChI=1S/C5H9FN/c1-7-3-2-5(6)4-7/h5H,1-4H2/q-1/t5-/m1/s1. The normalized spacial score (nSPS) is 34.3. The molecule has 0 N–H and O–H groups in total. The van der Waals surface area contributed by atoms with Gasteiger partial charge in [-0.15, -0.1) is 0 Å². The van der Waals surface area contributed by atoms with Crippen molar-refractivity contribution >= 4 is 0 Å². The Morgan fingerprint density at radius 3 is 2.57 bits per heavy atom. The summed E-state index contributed by atoms with van der Waals surface area (Å²) in [5.74, 6) is 0. The molecular weight excluding hydrogens is 93.1 g/mol. The van der Waals surface area contributed by atoms with Crippen LogP contribution in [-0.2, 0) is 0 Å². The molecule has 1 fully saturated rings. The minimum absolute atomic E-state index is 0.528. The number of alkyl halides is 1. The highest BCUT2D eigenvalue weighted by atomic mass is 19.1. The zero-order valence-electron chi connectivity index (χ0n) is 4.23. The maximum atomic E-state index is 12.1. The van der Waals surface area contributed by atoms with Gasteiger partial charge in [0, 0.05) is 6.54 Å². The Morgan fingerprint density at radius 2 is 2.43 bits per heavy atom. The molecule has 7 heavy (non-hydrogen) atoms. The zero-order valence-corrected chi connectivity index (χ0v) is 4.23. The first-order chi connectivity index (χ1) is 3.29. The van der Waals surface area contributed by atoms with E-state index in [2.05, 4.69) is 7.05 Å². The van der Waals surface area contributed by atoms with Crippen molar-refractivity contribution < 1.29 is 4.39 Å². The van der Waals surface area contributed by atoms with Crippen LogP contribution >= 0.6 is 0 Å². The van der Waals surface area contributed by atoms with Crippen LogP contribution in [0.2, 0.25) is 0 Å². The van der Waals surface area contributed by atoms with Gasteiger partial charge in [0.25, 0.3) is 0 Å². The third-order valence-corrected chi connectivity index (χ3v) is 1.21. The van der Waals surface area contributed by atoms with E-state index in [9.17, 15) is 4.39 Å². The Morgan fingerprint density at radius 1 is 1.71 bits per heavy atom. The molecule has 1 heterocycles. The quantitative estimate of drug-likeness (QED) is 0.409. The fourth-order valence-electron chi connectivity index (χ4n) is 0.785. The minimum Gasteiger partial charge on any atom is -0.457 e. The lowest BCUT2D eigenvalue weighted by atomic mass is 10.4. The van der Waals surface area contributed by atoms with Crippen LogP contribution in [0.15, 0.2) is 0 Å². The van der Waals surface area contributed by atoms with Crippen molar-refractivity contribution in [3.05, 3.63) is 7.05 Å². The van der Waals surface area contributed by atoms with E-state index < -0.39 is 6.17 Å². The summed E-state index contributed by atoms with van der Waals surface area (Å²) in [4.78, 5) is 1.75. The number of halogens is 1. The molecule has 1 rings (SSSR count). The molecule has 0 spiro atoms. The van der Waals surface area contributed by atoms with E-state index in [1.807, 2.05) is 0 Å². The molecule has 1 atom stereocenters.